The molecule has 1 saturated carbocycles. The maximum atomic E-state index is 13.2. The first kappa shape index (κ1) is 27.1. The average Bonchev–Trinajstić information content (AvgIpc) is 3.80. The molecule has 0 bridgehead atoms. The van der Waals surface area contributed by atoms with Crippen LogP contribution in [0.5, 0.6) is 11.5 Å². The van der Waals surface area contributed by atoms with Gasteiger partial charge in [-0.25, -0.2) is 8.42 Å². The van der Waals surface area contributed by atoms with Crippen LogP contribution in [0, 0.1) is 0 Å². The number of anilines is 3. The van der Waals surface area contributed by atoms with Crippen LogP contribution in [0.15, 0.2) is 93.3 Å². The molecular formula is C30H28N2O7S. The average molecular weight is 561 g/mol. The molecule has 5 rings (SSSR count). The predicted molar refractivity (Wildman–Crippen MR) is 152 cm³/mol. The Labute approximate surface area is 231 Å². The highest BCUT2D eigenvalue weighted by Gasteiger charge is 2.28. The van der Waals surface area contributed by atoms with Gasteiger partial charge in [0.1, 0.15) is 22.9 Å². The molecule has 1 atom stereocenters. The van der Waals surface area contributed by atoms with Gasteiger partial charge in [-0.05, 0) is 66.9 Å². The second-order valence-electron chi connectivity index (χ2n) is 9.72. The number of hydrogen-bond donors (Lipinski definition) is 2. The predicted octanol–water partition coefficient (Wildman–Crippen LogP) is 4.51. The summed E-state index contributed by atoms with van der Waals surface area (Å²) in [6.45, 7) is 0. The van der Waals surface area contributed by atoms with E-state index in [2.05, 4.69) is 10.6 Å². The largest absolute Gasteiger partial charge is 0.469 e. The van der Waals surface area contributed by atoms with Gasteiger partial charge in [0.05, 0.1) is 24.2 Å². The number of methoxy groups -OCH3 is 1. The molecule has 0 aliphatic heterocycles. The third-order valence-corrected chi connectivity index (χ3v) is 8.54. The molecular weight excluding hydrogens is 532 g/mol. The summed E-state index contributed by atoms with van der Waals surface area (Å²) in [5.74, 6) is -0.333. The first-order chi connectivity index (χ1) is 19.2. The van der Waals surface area contributed by atoms with Crippen molar-refractivity contribution < 1.29 is 22.7 Å². The molecule has 0 aromatic heterocycles. The number of hydrogen-bond acceptors (Lipinski definition) is 9. The van der Waals surface area contributed by atoms with Crippen LogP contribution in [-0.2, 0) is 19.4 Å². The molecule has 0 radical (unpaired) electrons. The number of carbonyl (C=O) groups is 1. The normalized spacial score (nSPS) is 13.9. The summed E-state index contributed by atoms with van der Waals surface area (Å²) in [4.78, 5) is 35.9. The molecule has 0 saturated heterocycles. The van der Waals surface area contributed by atoms with Gasteiger partial charge < -0.3 is 20.1 Å². The Hall–Kier alpha value is -4.44. The maximum Gasteiger partial charge on any atom is 0.306 e. The van der Waals surface area contributed by atoms with E-state index < -0.39 is 32.6 Å². The van der Waals surface area contributed by atoms with Crippen LogP contribution in [0.4, 0.5) is 17.1 Å². The Morgan fingerprint density at radius 3 is 2.08 bits per heavy atom. The van der Waals surface area contributed by atoms with Crippen LogP contribution in [0.2, 0.25) is 0 Å². The topological polar surface area (TPSA) is 128 Å². The molecule has 9 nitrogen and oxygen atoms in total. The maximum absolute atomic E-state index is 13.2. The second-order valence-corrected chi connectivity index (χ2v) is 11.8. The van der Waals surface area contributed by atoms with Crippen LogP contribution < -0.4 is 26.2 Å². The van der Waals surface area contributed by atoms with Crippen molar-refractivity contribution in [3.8, 4) is 11.5 Å². The SMILES string of the molecule is COC(=O)CC(CS(=O)(=O)c1ccc(Oc2ccc(Nc3c(NC4CC4)c(=O)c3=O)cc2)cc1)c1ccccc1. The first-order valence-corrected chi connectivity index (χ1v) is 14.5. The minimum atomic E-state index is -3.71. The number of sulfone groups is 1. The van der Waals surface area contributed by atoms with Crippen molar-refractivity contribution in [1.82, 2.24) is 0 Å². The molecule has 1 aliphatic rings. The van der Waals surface area contributed by atoms with Crippen molar-refractivity contribution >= 4 is 32.9 Å². The molecule has 2 N–H and O–H groups in total. The number of carbonyl (C=O) groups excluding carboxylic acids is 1. The van der Waals surface area contributed by atoms with Crippen LogP contribution >= 0.6 is 0 Å². The molecule has 1 aliphatic carbocycles. The van der Waals surface area contributed by atoms with Gasteiger partial charge >= 0.3 is 5.97 Å². The van der Waals surface area contributed by atoms with E-state index in [0.717, 1.165) is 18.4 Å². The van der Waals surface area contributed by atoms with Gasteiger partial charge in [0.25, 0.3) is 10.9 Å². The lowest BCUT2D eigenvalue weighted by Gasteiger charge is -2.17. The lowest BCUT2D eigenvalue weighted by atomic mass is 9.98. The summed E-state index contributed by atoms with van der Waals surface area (Å²) in [5.41, 5.74) is 0.929. The summed E-state index contributed by atoms with van der Waals surface area (Å²) in [6, 6.07) is 22.2. The quantitative estimate of drug-likeness (QED) is 0.190. The van der Waals surface area contributed by atoms with E-state index in [1.165, 1.54) is 19.2 Å². The lowest BCUT2D eigenvalue weighted by Crippen LogP contribution is -2.37. The van der Waals surface area contributed by atoms with Crippen molar-refractivity contribution in [3.63, 3.8) is 0 Å². The van der Waals surface area contributed by atoms with E-state index in [1.807, 2.05) is 6.07 Å². The molecule has 206 valence electrons. The molecule has 4 aromatic carbocycles. The van der Waals surface area contributed by atoms with Crippen molar-refractivity contribution in [2.75, 3.05) is 23.5 Å². The summed E-state index contributed by atoms with van der Waals surface area (Å²) >= 11 is 0. The summed E-state index contributed by atoms with van der Waals surface area (Å²) in [6.07, 6.45) is 1.92. The Balaban J connectivity index is 1.23. The van der Waals surface area contributed by atoms with Gasteiger partial charge in [-0.1, -0.05) is 30.3 Å². The summed E-state index contributed by atoms with van der Waals surface area (Å²) in [5, 5.41) is 6.08. The number of ether oxygens (including phenoxy) is 2. The minimum Gasteiger partial charge on any atom is -0.469 e. The van der Waals surface area contributed by atoms with Crippen LogP contribution in [0.25, 0.3) is 0 Å². The van der Waals surface area contributed by atoms with E-state index in [4.69, 9.17) is 9.47 Å². The van der Waals surface area contributed by atoms with Crippen LogP contribution in [0.3, 0.4) is 0 Å². The highest BCUT2D eigenvalue weighted by molar-refractivity contribution is 7.91. The second kappa shape index (κ2) is 11.4. The number of benzene rings is 3. The van der Waals surface area contributed by atoms with Gasteiger partial charge in [-0.2, -0.15) is 0 Å². The number of nitrogens with one attached hydrogen (secondary N) is 2. The zero-order valence-corrected chi connectivity index (χ0v) is 22.6. The zero-order valence-electron chi connectivity index (χ0n) is 21.8. The lowest BCUT2D eigenvalue weighted by molar-refractivity contribution is -0.140. The molecule has 0 spiro atoms. The number of rotatable bonds is 12. The fourth-order valence-corrected chi connectivity index (χ4v) is 5.91. The van der Waals surface area contributed by atoms with Crippen molar-refractivity contribution in [2.45, 2.75) is 36.1 Å². The summed E-state index contributed by atoms with van der Waals surface area (Å²) < 4.78 is 37.0. The minimum absolute atomic E-state index is 0.0497. The van der Waals surface area contributed by atoms with Gasteiger partial charge in [0.15, 0.2) is 9.84 Å². The Morgan fingerprint density at radius 1 is 0.875 bits per heavy atom. The highest BCUT2D eigenvalue weighted by Crippen LogP contribution is 2.30. The molecule has 1 fully saturated rings. The molecule has 0 heterocycles. The zero-order chi connectivity index (χ0) is 28.3. The van der Waals surface area contributed by atoms with Gasteiger partial charge in [0, 0.05) is 17.6 Å². The van der Waals surface area contributed by atoms with Crippen LogP contribution in [-0.4, -0.2) is 33.3 Å². The molecule has 40 heavy (non-hydrogen) atoms. The molecule has 1 unspecified atom stereocenters. The van der Waals surface area contributed by atoms with Crippen LogP contribution in [0.1, 0.15) is 30.7 Å². The third kappa shape index (κ3) is 6.23. The Morgan fingerprint density at radius 2 is 1.48 bits per heavy atom. The number of esters is 1. The van der Waals surface area contributed by atoms with E-state index >= 15 is 0 Å². The standard InChI is InChI=1S/C30H28N2O7S/c1-38-26(33)17-20(19-5-3-2-4-6-19)18-40(36,37)25-15-13-24(14-16-25)39-23-11-9-22(10-12-23)32-28-27(29(34)30(28)35)31-21-7-8-21/h2-6,9-16,20-21,31-32H,7-8,17-18H2,1H3. The van der Waals surface area contributed by atoms with Crippen molar-refractivity contribution in [1.29, 1.82) is 0 Å². The molecule has 0 amide bonds. The Kier molecular flexibility index (Phi) is 7.70. The smallest absolute Gasteiger partial charge is 0.306 e. The molecule has 4 aromatic rings. The van der Waals surface area contributed by atoms with Gasteiger partial charge in [-0.3, -0.25) is 14.4 Å². The van der Waals surface area contributed by atoms with E-state index in [1.54, 1.807) is 60.7 Å². The van der Waals surface area contributed by atoms with Crippen molar-refractivity contribution in [3.05, 3.63) is 105 Å². The summed E-state index contributed by atoms with van der Waals surface area (Å²) in [7, 11) is -2.44. The van der Waals surface area contributed by atoms with E-state index in [-0.39, 0.29) is 28.8 Å². The highest BCUT2D eigenvalue weighted by atomic mass is 32.2. The monoisotopic (exact) mass is 560 g/mol. The van der Waals surface area contributed by atoms with Crippen molar-refractivity contribution in [2.24, 2.45) is 0 Å². The van der Waals surface area contributed by atoms with E-state index in [9.17, 15) is 22.8 Å². The fraction of sp³-hybridized carbons (Fsp3) is 0.233. The van der Waals surface area contributed by atoms with E-state index in [0.29, 0.717) is 22.9 Å². The Bertz CT molecular complexity index is 1670. The fourth-order valence-electron chi connectivity index (χ4n) is 4.33. The third-order valence-electron chi connectivity index (χ3n) is 6.71. The molecule has 10 heteroatoms. The van der Waals surface area contributed by atoms with Gasteiger partial charge in [-0.15, -0.1) is 0 Å². The van der Waals surface area contributed by atoms with Gasteiger partial charge in [0.2, 0.25) is 0 Å². The first-order valence-electron chi connectivity index (χ1n) is 12.8.